The third kappa shape index (κ3) is 3.58. The Labute approximate surface area is 172 Å². The van der Waals surface area contributed by atoms with E-state index in [-0.39, 0.29) is 11.6 Å². The number of fused-ring (bicyclic) bond motifs is 3. The van der Waals surface area contributed by atoms with Crippen LogP contribution >= 0.6 is 0 Å². The normalized spacial score (nSPS) is 29.4. The van der Waals surface area contributed by atoms with Gasteiger partial charge in [-0.05, 0) is 50.7 Å². The highest BCUT2D eigenvalue weighted by molar-refractivity contribution is 5.74. The third-order valence-corrected chi connectivity index (χ3v) is 7.69. The van der Waals surface area contributed by atoms with Crippen molar-refractivity contribution in [2.45, 2.75) is 101 Å². The zero-order valence-electron chi connectivity index (χ0n) is 17.3. The Morgan fingerprint density at radius 2 is 1.34 bits per heavy atom. The summed E-state index contributed by atoms with van der Waals surface area (Å²) in [6.07, 6.45) is 15.4. The van der Waals surface area contributed by atoms with Crippen molar-refractivity contribution in [3.8, 4) is 0 Å². The number of nitrogens with zero attached hydrogens (tertiary/aromatic N) is 2. The Bertz CT molecular complexity index is 956. The lowest BCUT2D eigenvalue weighted by Crippen LogP contribution is -2.57. The molecule has 2 atom stereocenters. The average Bonchev–Trinajstić information content (AvgIpc) is 2.68. The molecule has 2 unspecified atom stereocenters. The lowest BCUT2D eigenvalue weighted by Gasteiger charge is -2.53. The zero-order valence-corrected chi connectivity index (χ0v) is 17.3. The van der Waals surface area contributed by atoms with Crippen LogP contribution in [0.4, 0.5) is 0 Å². The monoisotopic (exact) mass is 395 g/mol. The number of aromatic amines is 1. The number of nitrogens with one attached hydrogen (secondary N) is 1. The molecule has 3 heterocycles. The summed E-state index contributed by atoms with van der Waals surface area (Å²) in [7, 11) is 0. The molecule has 5 nitrogen and oxygen atoms in total. The zero-order chi connectivity index (χ0) is 19.8. The molecule has 2 bridgehead atoms. The molecular weight excluding hydrogens is 362 g/mol. The van der Waals surface area contributed by atoms with Gasteiger partial charge in [0.05, 0.1) is 11.0 Å². The van der Waals surface area contributed by atoms with E-state index in [1.807, 2.05) is 28.8 Å². The molecule has 3 fully saturated rings. The van der Waals surface area contributed by atoms with Gasteiger partial charge in [0, 0.05) is 24.2 Å². The van der Waals surface area contributed by atoms with Crippen LogP contribution in [0.1, 0.15) is 83.1 Å². The second kappa shape index (κ2) is 8.10. The first-order valence-electron chi connectivity index (χ1n) is 11.7. The number of benzene rings is 1. The smallest absolute Gasteiger partial charge is 0.316 e. The Morgan fingerprint density at radius 1 is 0.724 bits per heavy atom. The van der Waals surface area contributed by atoms with Gasteiger partial charge in [-0.15, -0.1) is 0 Å². The summed E-state index contributed by atoms with van der Waals surface area (Å²) in [5.41, 5.74) is 0.770. The first kappa shape index (κ1) is 19.1. The fourth-order valence-electron chi connectivity index (χ4n) is 6.48. The maximum atomic E-state index is 12.9. The number of H-pyrrole nitrogens is 1. The van der Waals surface area contributed by atoms with E-state index >= 15 is 0 Å². The van der Waals surface area contributed by atoms with Crippen molar-refractivity contribution in [3.05, 3.63) is 45.0 Å². The van der Waals surface area contributed by atoms with Crippen molar-refractivity contribution < 1.29 is 0 Å². The summed E-state index contributed by atoms with van der Waals surface area (Å²) in [6, 6.07) is 9.72. The van der Waals surface area contributed by atoms with Gasteiger partial charge in [-0.25, -0.2) is 0 Å². The van der Waals surface area contributed by atoms with Crippen LogP contribution in [-0.2, 0) is 0 Å². The van der Waals surface area contributed by atoms with Gasteiger partial charge in [0.2, 0.25) is 0 Å². The Kier molecular flexibility index (Phi) is 5.33. The Balaban J connectivity index is 1.47. The lowest BCUT2D eigenvalue weighted by molar-refractivity contribution is -0.0247. The fourth-order valence-corrected chi connectivity index (χ4v) is 6.48. The van der Waals surface area contributed by atoms with Crippen LogP contribution in [0.2, 0.25) is 0 Å². The fraction of sp³-hybridized carbons (Fsp3) is 0.667. The quantitative estimate of drug-likeness (QED) is 0.769. The van der Waals surface area contributed by atoms with Crippen LogP contribution < -0.4 is 11.1 Å². The molecule has 0 amide bonds. The first-order valence-corrected chi connectivity index (χ1v) is 11.7. The largest absolute Gasteiger partial charge is 0.316 e. The number of hydrogen-bond acceptors (Lipinski definition) is 3. The summed E-state index contributed by atoms with van der Waals surface area (Å²) >= 11 is 0. The van der Waals surface area contributed by atoms with E-state index in [4.69, 9.17) is 0 Å². The van der Waals surface area contributed by atoms with E-state index in [0.717, 1.165) is 29.9 Å². The predicted molar refractivity (Wildman–Crippen MR) is 116 cm³/mol. The van der Waals surface area contributed by atoms with Crippen molar-refractivity contribution in [1.82, 2.24) is 14.5 Å². The van der Waals surface area contributed by atoms with E-state index in [1.165, 1.54) is 64.2 Å². The summed E-state index contributed by atoms with van der Waals surface area (Å²) < 4.78 is 1.83. The van der Waals surface area contributed by atoms with Crippen LogP contribution in [0.15, 0.2) is 33.9 Å². The summed E-state index contributed by atoms with van der Waals surface area (Å²) in [4.78, 5) is 30.8. The van der Waals surface area contributed by atoms with E-state index in [1.54, 1.807) is 0 Å². The average molecular weight is 396 g/mol. The molecule has 2 aliphatic heterocycles. The Hall–Kier alpha value is -1.88. The second-order valence-corrected chi connectivity index (χ2v) is 9.46. The van der Waals surface area contributed by atoms with Gasteiger partial charge in [0.15, 0.2) is 0 Å². The van der Waals surface area contributed by atoms with Crippen LogP contribution in [0, 0.1) is 0 Å². The van der Waals surface area contributed by atoms with Crippen LogP contribution in [0.5, 0.6) is 0 Å². The minimum Gasteiger partial charge on any atom is -0.316 e. The lowest BCUT2D eigenvalue weighted by atomic mass is 9.79. The summed E-state index contributed by atoms with van der Waals surface area (Å²) in [5.74, 6) is 0. The minimum absolute atomic E-state index is 0.134. The molecule has 0 spiro atoms. The molecule has 2 aromatic rings. The topological polar surface area (TPSA) is 58.1 Å². The van der Waals surface area contributed by atoms with Crippen molar-refractivity contribution >= 4 is 11.0 Å². The molecule has 1 aromatic heterocycles. The number of hydrogen-bond donors (Lipinski definition) is 1. The van der Waals surface area contributed by atoms with Crippen LogP contribution in [0.25, 0.3) is 11.0 Å². The van der Waals surface area contributed by atoms with Crippen molar-refractivity contribution in [1.29, 1.82) is 0 Å². The van der Waals surface area contributed by atoms with Crippen molar-refractivity contribution in [3.63, 3.8) is 0 Å². The molecule has 2 saturated heterocycles. The highest BCUT2D eigenvalue weighted by Crippen LogP contribution is 2.42. The van der Waals surface area contributed by atoms with E-state index in [9.17, 15) is 9.59 Å². The molecule has 1 N–H and O–H groups in total. The van der Waals surface area contributed by atoms with Gasteiger partial charge >= 0.3 is 11.1 Å². The minimum atomic E-state index is -0.490. The van der Waals surface area contributed by atoms with Gasteiger partial charge in [0.1, 0.15) is 0 Å². The van der Waals surface area contributed by atoms with Crippen LogP contribution in [0.3, 0.4) is 0 Å². The number of piperidine rings is 2. The van der Waals surface area contributed by atoms with E-state index in [2.05, 4.69) is 9.88 Å². The molecule has 156 valence electrons. The third-order valence-electron chi connectivity index (χ3n) is 7.69. The SMILES string of the molecule is O=c1[nH]c2ccccc2n(C2CC3CCCC(C2)N3C2CCCCCCC2)c1=O. The molecule has 0 radical (unpaired) electrons. The maximum Gasteiger partial charge on any atom is 0.316 e. The van der Waals surface area contributed by atoms with Crippen molar-refractivity contribution in [2.24, 2.45) is 0 Å². The highest BCUT2D eigenvalue weighted by Gasteiger charge is 2.42. The van der Waals surface area contributed by atoms with Gasteiger partial charge in [-0.2, -0.15) is 0 Å². The predicted octanol–water partition coefficient (Wildman–Crippen LogP) is 4.36. The molecule has 1 aliphatic carbocycles. The van der Waals surface area contributed by atoms with Crippen LogP contribution in [-0.4, -0.2) is 32.6 Å². The molecule has 5 rings (SSSR count). The summed E-state index contributed by atoms with van der Waals surface area (Å²) in [6.45, 7) is 0. The van der Waals surface area contributed by atoms with E-state index in [0.29, 0.717) is 12.1 Å². The van der Waals surface area contributed by atoms with Gasteiger partial charge < -0.3 is 4.98 Å². The number of rotatable bonds is 2. The summed E-state index contributed by atoms with van der Waals surface area (Å²) in [5, 5.41) is 0. The molecule has 5 heteroatoms. The maximum absolute atomic E-state index is 12.9. The van der Waals surface area contributed by atoms with Gasteiger partial charge in [-0.1, -0.05) is 50.7 Å². The van der Waals surface area contributed by atoms with Gasteiger partial charge in [-0.3, -0.25) is 19.1 Å². The molecule has 1 saturated carbocycles. The van der Waals surface area contributed by atoms with E-state index < -0.39 is 5.56 Å². The first-order chi connectivity index (χ1) is 14.2. The Morgan fingerprint density at radius 3 is 2.07 bits per heavy atom. The standard InChI is InChI=1S/C24H33N3O2/c28-23-24(29)27(22-14-7-6-13-21(22)25-23)20-15-18-11-8-12-19(16-20)26(18)17-9-4-2-1-3-5-10-17/h6-7,13-14,17-20H,1-5,8-12,15-16H2,(H,25,28). The number of aromatic nitrogens is 2. The number of para-hydroxylation sites is 2. The molecule has 29 heavy (non-hydrogen) atoms. The molecule has 3 aliphatic rings. The molecule has 1 aromatic carbocycles. The second-order valence-electron chi connectivity index (χ2n) is 9.46. The van der Waals surface area contributed by atoms with Gasteiger partial charge in [0.25, 0.3) is 0 Å². The van der Waals surface area contributed by atoms with Crippen molar-refractivity contribution in [2.75, 3.05) is 0 Å². The molecular formula is C24H33N3O2. The highest BCUT2D eigenvalue weighted by atomic mass is 16.2.